The van der Waals surface area contributed by atoms with E-state index in [1.54, 1.807) is 0 Å². The molecule has 0 aliphatic heterocycles. The van der Waals surface area contributed by atoms with Gasteiger partial charge in [0.15, 0.2) is 0 Å². The van der Waals surface area contributed by atoms with Crippen molar-refractivity contribution in [3.05, 3.63) is 29.8 Å². The lowest BCUT2D eigenvalue weighted by molar-refractivity contribution is -0.275. The first-order chi connectivity index (χ1) is 7.31. The molecule has 3 N–H and O–H groups in total. The molecule has 0 fully saturated rings. The van der Waals surface area contributed by atoms with Crippen molar-refractivity contribution in [1.29, 1.82) is 0 Å². The predicted molar refractivity (Wildman–Crippen MR) is 51.7 cm³/mol. The fraction of sp³-hybridized carbons (Fsp3) is 0.400. The number of halogens is 3. The molecule has 0 radical (unpaired) electrons. The number of rotatable bonds is 3. The molecule has 0 saturated carbocycles. The number of nitrogens with two attached hydrogens (primary N) is 1. The number of aliphatic hydroxyl groups is 1. The first-order valence-corrected chi connectivity index (χ1v) is 4.59. The van der Waals surface area contributed by atoms with Gasteiger partial charge in [0.25, 0.3) is 0 Å². The van der Waals surface area contributed by atoms with Crippen LogP contribution in [0.3, 0.4) is 0 Å². The molecular formula is C10H12F3NO2. The number of para-hydroxylation sites is 1. The minimum atomic E-state index is -4.78. The number of ether oxygens (including phenoxy) is 1. The van der Waals surface area contributed by atoms with Gasteiger partial charge in [0.2, 0.25) is 0 Å². The summed E-state index contributed by atoms with van der Waals surface area (Å²) < 4.78 is 39.9. The molecule has 3 nitrogen and oxygen atoms in total. The molecule has 0 amide bonds. The first kappa shape index (κ1) is 12.8. The topological polar surface area (TPSA) is 55.5 Å². The summed E-state index contributed by atoms with van der Waals surface area (Å²) in [4.78, 5) is 0. The lowest BCUT2D eigenvalue weighted by atomic mass is 10.0. The number of aliphatic hydroxyl groups excluding tert-OH is 1. The van der Waals surface area contributed by atoms with Gasteiger partial charge in [0, 0.05) is 11.6 Å². The molecule has 1 aromatic rings. The summed E-state index contributed by atoms with van der Waals surface area (Å²) in [6.07, 6.45) is -5.98. The van der Waals surface area contributed by atoms with Crippen molar-refractivity contribution in [2.75, 3.05) is 0 Å². The molecule has 90 valence electrons. The van der Waals surface area contributed by atoms with Gasteiger partial charge in [-0.25, -0.2) is 0 Å². The smallest absolute Gasteiger partial charge is 0.405 e. The van der Waals surface area contributed by atoms with Gasteiger partial charge in [-0.2, -0.15) is 0 Å². The van der Waals surface area contributed by atoms with Gasteiger partial charge in [-0.3, -0.25) is 0 Å². The van der Waals surface area contributed by atoms with Crippen LogP contribution < -0.4 is 10.5 Å². The van der Waals surface area contributed by atoms with E-state index in [9.17, 15) is 18.3 Å². The second-order valence-electron chi connectivity index (χ2n) is 3.39. The maximum atomic E-state index is 12.1. The van der Waals surface area contributed by atoms with Crippen LogP contribution in [0.2, 0.25) is 0 Å². The van der Waals surface area contributed by atoms with Gasteiger partial charge < -0.3 is 15.6 Å². The summed E-state index contributed by atoms with van der Waals surface area (Å²) in [7, 11) is 0. The lowest BCUT2D eigenvalue weighted by Crippen LogP contribution is -2.26. The van der Waals surface area contributed by atoms with Crippen LogP contribution in [-0.4, -0.2) is 17.5 Å². The quantitative estimate of drug-likeness (QED) is 0.842. The Labute approximate surface area is 90.6 Å². The second kappa shape index (κ2) is 4.71. The molecule has 0 unspecified atom stereocenters. The first-order valence-electron chi connectivity index (χ1n) is 4.59. The third kappa shape index (κ3) is 3.39. The molecule has 0 saturated heterocycles. The number of hydrogen-bond acceptors (Lipinski definition) is 3. The van der Waals surface area contributed by atoms with Gasteiger partial charge in [-0.1, -0.05) is 18.2 Å². The van der Waals surface area contributed by atoms with Crippen LogP contribution in [0.4, 0.5) is 13.2 Å². The fourth-order valence-corrected chi connectivity index (χ4v) is 1.23. The summed E-state index contributed by atoms with van der Waals surface area (Å²) in [6.45, 7) is 1.50. The van der Waals surface area contributed by atoms with Crippen molar-refractivity contribution >= 4 is 0 Å². The van der Waals surface area contributed by atoms with E-state index in [4.69, 9.17) is 5.73 Å². The zero-order valence-corrected chi connectivity index (χ0v) is 8.53. The molecule has 0 aliphatic rings. The van der Waals surface area contributed by atoms with E-state index in [1.165, 1.54) is 25.1 Å². The van der Waals surface area contributed by atoms with Crippen LogP contribution in [0.5, 0.6) is 5.75 Å². The third-order valence-corrected chi connectivity index (χ3v) is 1.96. The molecule has 16 heavy (non-hydrogen) atoms. The van der Waals surface area contributed by atoms with Gasteiger partial charge in [-0.15, -0.1) is 13.2 Å². The van der Waals surface area contributed by atoms with Crippen molar-refractivity contribution < 1.29 is 23.0 Å². The normalized spacial score (nSPS) is 15.6. The van der Waals surface area contributed by atoms with Crippen LogP contribution in [0, 0.1) is 0 Å². The minimum absolute atomic E-state index is 0.0230. The van der Waals surface area contributed by atoms with E-state index >= 15 is 0 Å². The number of alkyl halides is 3. The summed E-state index contributed by atoms with van der Waals surface area (Å²) >= 11 is 0. The molecule has 6 heteroatoms. The van der Waals surface area contributed by atoms with Gasteiger partial charge >= 0.3 is 6.36 Å². The molecule has 0 bridgehead atoms. The average Bonchev–Trinajstić information content (AvgIpc) is 2.15. The highest BCUT2D eigenvalue weighted by molar-refractivity contribution is 5.35. The molecule has 0 heterocycles. The van der Waals surface area contributed by atoms with Crippen LogP contribution in [0.15, 0.2) is 24.3 Å². The van der Waals surface area contributed by atoms with Crippen molar-refractivity contribution in [3.8, 4) is 5.75 Å². The van der Waals surface area contributed by atoms with E-state index < -0.39 is 24.3 Å². The van der Waals surface area contributed by atoms with Crippen molar-refractivity contribution in [2.24, 2.45) is 5.73 Å². The molecular weight excluding hydrogens is 223 g/mol. The Morgan fingerprint density at radius 1 is 1.31 bits per heavy atom. The van der Waals surface area contributed by atoms with Gasteiger partial charge in [0.05, 0.1) is 6.10 Å². The van der Waals surface area contributed by atoms with Crippen LogP contribution in [0.1, 0.15) is 18.6 Å². The van der Waals surface area contributed by atoms with Crippen LogP contribution in [-0.2, 0) is 0 Å². The zero-order valence-electron chi connectivity index (χ0n) is 8.53. The molecule has 0 aromatic heterocycles. The SMILES string of the molecule is C[C@@H](N)[C@@H](O)c1ccccc1OC(F)(F)F. The Hall–Kier alpha value is -1.27. The van der Waals surface area contributed by atoms with Crippen molar-refractivity contribution in [1.82, 2.24) is 0 Å². The van der Waals surface area contributed by atoms with Crippen LogP contribution >= 0.6 is 0 Å². The minimum Gasteiger partial charge on any atom is -0.405 e. The van der Waals surface area contributed by atoms with Gasteiger partial charge in [0.1, 0.15) is 5.75 Å². The standard InChI is InChI=1S/C10H12F3NO2/c1-6(14)9(15)7-4-2-3-5-8(7)16-10(11,12)13/h2-6,9,15H,14H2,1H3/t6-,9-/m1/s1. The molecule has 1 aromatic carbocycles. The number of benzene rings is 1. The second-order valence-corrected chi connectivity index (χ2v) is 3.39. The Kier molecular flexibility index (Phi) is 3.77. The summed E-state index contributed by atoms with van der Waals surface area (Å²) in [5.41, 5.74) is 5.44. The van der Waals surface area contributed by atoms with Crippen molar-refractivity contribution in [3.63, 3.8) is 0 Å². The third-order valence-electron chi connectivity index (χ3n) is 1.96. The molecule has 0 spiro atoms. The number of hydrogen-bond donors (Lipinski definition) is 2. The summed E-state index contributed by atoms with van der Waals surface area (Å²) in [5.74, 6) is -0.431. The Bertz CT molecular complexity index is 352. The fourth-order valence-electron chi connectivity index (χ4n) is 1.23. The van der Waals surface area contributed by atoms with E-state index in [-0.39, 0.29) is 5.56 Å². The van der Waals surface area contributed by atoms with E-state index in [1.807, 2.05) is 0 Å². The Morgan fingerprint density at radius 2 is 1.88 bits per heavy atom. The molecule has 1 rings (SSSR count). The van der Waals surface area contributed by atoms with Crippen LogP contribution in [0.25, 0.3) is 0 Å². The van der Waals surface area contributed by atoms with Crippen molar-refractivity contribution in [2.45, 2.75) is 25.4 Å². The van der Waals surface area contributed by atoms with Gasteiger partial charge in [-0.05, 0) is 13.0 Å². The van der Waals surface area contributed by atoms with E-state index in [0.717, 1.165) is 6.07 Å². The lowest BCUT2D eigenvalue weighted by Gasteiger charge is -2.19. The molecule has 0 aliphatic carbocycles. The Morgan fingerprint density at radius 3 is 2.38 bits per heavy atom. The van der Waals surface area contributed by atoms with E-state index in [0.29, 0.717) is 0 Å². The average molecular weight is 235 g/mol. The highest BCUT2D eigenvalue weighted by Crippen LogP contribution is 2.30. The largest absolute Gasteiger partial charge is 0.573 e. The Balaban J connectivity index is 3.01. The predicted octanol–water partition coefficient (Wildman–Crippen LogP) is 1.97. The van der Waals surface area contributed by atoms with E-state index in [2.05, 4.69) is 4.74 Å². The highest BCUT2D eigenvalue weighted by Gasteiger charge is 2.33. The summed E-state index contributed by atoms with van der Waals surface area (Å²) in [6, 6.07) is 4.68. The monoisotopic (exact) mass is 235 g/mol. The maximum absolute atomic E-state index is 12.1. The highest BCUT2D eigenvalue weighted by atomic mass is 19.4. The maximum Gasteiger partial charge on any atom is 0.573 e. The zero-order chi connectivity index (χ0) is 12.3. The molecule has 2 atom stereocenters. The summed E-state index contributed by atoms with van der Waals surface area (Å²) in [5, 5.41) is 9.60.